The van der Waals surface area contributed by atoms with Gasteiger partial charge >= 0.3 is 0 Å². The van der Waals surface area contributed by atoms with Gasteiger partial charge in [0.2, 0.25) is 0 Å². The first kappa shape index (κ1) is 19.6. The molecule has 1 amide bonds. The van der Waals surface area contributed by atoms with Gasteiger partial charge in [0.1, 0.15) is 17.2 Å². The molecule has 1 aliphatic rings. The van der Waals surface area contributed by atoms with Crippen LogP contribution in [0.25, 0.3) is 11.0 Å². The van der Waals surface area contributed by atoms with Crippen LogP contribution in [0.1, 0.15) is 29.7 Å². The summed E-state index contributed by atoms with van der Waals surface area (Å²) >= 11 is 0. The molecule has 1 fully saturated rings. The first-order valence-corrected chi connectivity index (χ1v) is 9.90. The van der Waals surface area contributed by atoms with E-state index in [-0.39, 0.29) is 18.3 Å². The molecule has 1 atom stereocenters. The zero-order chi connectivity index (χ0) is 20.4. The lowest BCUT2D eigenvalue weighted by Gasteiger charge is -2.38. The molecule has 6 heteroatoms. The van der Waals surface area contributed by atoms with Crippen LogP contribution in [-0.4, -0.2) is 34.6 Å². The Balaban J connectivity index is 1.39. The molecular formula is C23H25FN2O3. The number of benzene rings is 2. The van der Waals surface area contributed by atoms with Gasteiger partial charge in [0, 0.05) is 25.0 Å². The van der Waals surface area contributed by atoms with E-state index in [4.69, 9.17) is 4.42 Å². The summed E-state index contributed by atoms with van der Waals surface area (Å²) < 4.78 is 19.0. The number of carbonyl (C=O) groups excluding carboxylic acids is 1. The van der Waals surface area contributed by atoms with E-state index in [0.717, 1.165) is 34.3 Å². The number of carbonyl (C=O) groups is 1. The highest BCUT2D eigenvalue weighted by atomic mass is 19.1. The summed E-state index contributed by atoms with van der Waals surface area (Å²) in [5, 5.41) is 15.2. The third-order valence-electron chi connectivity index (χ3n) is 5.64. The number of halogens is 1. The number of aliphatic hydroxyl groups is 1. The second-order valence-electron chi connectivity index (χ2n) is 7.74. The van der Waals surface area contributed by atoms with Gasteiger partial charge in [0.25, 0.3) is 5.91 Å². The maximum Gasteiger partial charge on any atom is 0.256 e. The average Bonchev–Trinajstić information content (AvgIpc) is 3.03. The van der Waals surface area contributed by atoms with Gasteiger partial charge in [-0.2, -0.15) is 0 Å². The van der Waals surface area contributed by atoms with Crippen LogP contribution >= 0.6 is 0 Å². The molecule has 0 radical (unpaired) electrons. The minimum absolute atomic E-state index is 0.155. The molecule has 1 aromatic heterocycles. The number of piperidine rings is 1. The summed E-state index contributed by atoms with van der Waals surface area (Å²) in [6, 6.07) is 13.9. The molecule has 3 aromatic rings. The van der Waals surface area contributed by atoms with Gasteiger partial charge < -0.3 is 19.7 Å². The third-order valence-corrected chi connectivity index (χ3v) is 5.64. The molecule has 152 valence electrons. The predicted octanol–water partition coefficient (Wildman–Crippen LogP) is 3.52. The summed E-state index contributed by atoms with van der Waals surface area (Å²) in [5.74, 6) is 0.212. The standard InChI is InChI=1S/C23H25FN2O3/c1-16-19-5-2-3-6-20(19)29-21(16)13-25-15-23(28)11-4-12-26(22(23)27)14-17-7-9-18(24)10-8-17/h2-3,5-10,25,28H,4,11-15H2,1H3/t23-/m0/s1. The number of furan rings is 1. The molecule has 2 aromatic carbocycles. The average molecular weight is 396 g/mol. The Labute approximate surface area is 169 Å². The fourth-order valence-electron chi connectivity index (χ4n) is 3.97. The quantitative estimate of drug-likeness (QED) is 0.669. The van der Waals surface area contributed by atoms with Crippen LogP contribution in [-0.2, 0) is 17.9 Å². The number of rotatable bonds is 6. The minimum Gasteiger partial charge on any atom is -0.459 e. The second kappa shape index (κ2) is 7.97. The van der Waals surface area contributed by atoms with Gasteiger partial charge in [-0.15, -0.1) is 0 Å². The Morgan fingerprint density at radius 2 is 1.97 bits per heavy atom. The number of para-hydroxylation sites is 1. The molecule has 4 rings (SSSR count). The van der Waals surface area contributed by atoms with E-state index in [9.17, 15) is 14.3 Å². The Kier molecular flexibility index (Phi) is 5.39. The number of fused-ring (bicyclic) bond motifs is 1. The molecule has 5 nitrogen and oxygen atoms in total. The Morgan fingerprint density at radius 1 is 1.21 bits per heavy atom. The molecule has 2 heterocycles. The van der Waals surface area contributed by atoms with Crippen molar-refractivity contribution in [2.24, 2.45) is 0 Å². The third kappa shape index (κ3) is 4.04. The maximum absolute atomic E-state index is 13.1. The van der Waals surface area contributed by atoms with Gasteiger partial charge in [-0.3, -0.25) is 4.79 Å². The number of amides is 1. The fourth-order valence-corrected chi connectivity index (χ4v) is 3.97. The Hall–Kier alpha value is -2.70. The zero-order valence-electron chi connectivity index (χ0n) is 16.5. The lowest BCUT2D eigenvalue weighted by Crippen LogP contribution is -2.57. The molecule has 2 N–H and O–H groups in total. The summed E-state index contributed by atoms with van der Waals surface area (Å²) in [7, 11) is 0. The summed E-state index contributed by atoms with van der Waals surface area (Å²) in [6.45, 7) is 3.55. The van der Waals surface area contributed by atoms with E-state index in [2.05, 4.69) is 5.32 Å². The van der Waals surface area contributed by atoms with Crippen LogP contribution in [0.2, 0.25) is 0 Å². The summed E-state index contributed by atoms with van der Waals surface area (Å²) in [6.07, 6.45) is 1.13. The van der Waals surface area contributed by atoms with Gasteiger partial charge in [0.15, 0.2) is 5.60 Å². The number of likely N-dealkylation sites (tertiary alicyclic amines) is 1. The Morgan fingerprint density at radius 3 is 2.72 bits per heavy atom. The SMILES string of the molecule is Cc1c(CNC[C@@]2(O)CCCN(Cc3ccc(F)cc3)C2=O)oc2ccccc12. The van der Waals surface area contributed by atoms with E-state index in [0.29, 0.717) is 26.1 Å². The van der Waals surface area contributed by atoms with Crippen molar-refractivity contribution in [1.82, 2.24) is 10.2 Å². The van der Waals surface area contributed by atoms with Gasteiger partial charge in [-0.05, 0) is 49.1 Å². The molecule has 0 aliphatic carbocycles. The normalized spacial score (nSPS) is 19.8. The van der Waals surface area contributed by atoms with Crippen molar-refractivity contribution in [1.29, 1.82) is 0 Å². The molecule has 29 heavy (non-hydrogen) atoms. The van der Waals surface area contributed by atoms with Crippen LogP contribution in [0.3, 0.4) is 0 Å². The van der Waals surface area contributed by atoms with E-state index in [1.165, 1.54) is 12.1 Å². The van der Waals surface area contributed by atoms with Crippen LogP contribution in [0.15, 0.2) is 52.9 Å². The lowest BCUT2D eigenvalue weighted by molar-refractivity contribution is -0.157. The van der Waals surface area contributed by atoms with Crippen molar-refractivity contribution in [3.8, 4) is 0 Å². The van der Waals surface area contributed by atoms with Crippen molar-refractivity contribution >= 4 is 16.9 Å². The van der Waals surface area contributed by atoms with Crippen molar-refractivity contribution < 1.29 is 18.7 Å². The van der Waals surface area contributed by atoms with Crippen molar-refractivity contribution in [3.63, 3.8) is 0 Å². The highest BCUT2D eigenvalue weighted by Crippen LogP contribution is 2.26. The molecule has 0 spiro atoms. The smallest absolute Gasteiger partial charge is 0.256 e. The topological polar surface area (TPSA) is 65.7 Å². The number of nitrogens with zero attached hydrogens (tertiary/aromatic N) is 1. The maximum atomic E-state index is 13.1. The van der Waals surface area contributed by atoms with E-state index < -0.39 is 5.60 Å². The molecule has 0 unspecified atom stereocenters. The number of hydrogen-bond acceptors (Lipinski definition) is 4. The van der Waals surface area contributed by atoms with E-state index in [1.54, 1.807) is 17.0 Å². The zero-order valence-corrected chi connectivity index (χ0v) is 16.5. The molecule has 0 bridgehead atoms. The van der Waals surface area contributed by atoms with Crippen LogP contribution in [0.4, 0.5) is 4.39 Å². The Bertz CT molecular complexity index is 1010. The number of aryl methyl sites for hydroxylation is 1. The van der Waals surface area contributed by atoms with Gasteiger partial charge in [-0.1, -0.05) is 30.3 Å². The molecule has 1 saturated heterocycles. The highest BCUT2D eigenvalue weighted by molar-refractivity contribution is 5.86. The van der Waals surface area contributed by atoms with E-state index >= 15 is 0 Å². The van der Waals surface area contributed by atoms with Crippen molar-refractivity contribution in [2.45, 2.75) is 38.5 Å². The van der Waals surface area contributed by atoms with Crippen molar-refractivity contribution in [3.05, 3.63) is 71.2 Å². The van der Waals surface area contributed by atoms with Crippen molar-refractivity contribution in [2.75, 3.05) is 13.1 Å². The van der Waals surface area contributed by atoms with Crippen LogP contribution in [0, 0.1) is 12.7 Å². The first-order valence-electron chi connectivity index (χ1n) is 9.90. The monoisotopic (exact) mass is 396 g/mol. The fraction of sp³-hybridized carbons (Fsp3) is 0.348. The first-order chi connectivity index (χ1) is 14.0. The summed E-state index contributed by atoms with van der Waals surface area (Å²) in [5.41, 5.74) is 1.29. The largest absolute Gasteiger partial charge is 0.459 e. The van der Waals surface area contributed by atoms with Gasteiger partial charge in [0.05, 0.1) is 6.54 Å². The van der Waals surface area contributed by atoms with E-state index in [1.807, 2.05) is 31.2 Å². The predicted molar refractivity (Wildman–Crippen MR) is 109 cm³/mol. The highest BCUT2D eigenvalue weighted by Gasteiger charge is 2.41. The lowest BCUT2D eigenvalue weighted by atomic mass is 9.91. The number of nitrogens with one attached hydrogen (secondary N) is 1. The number of hydrogen-bond donors (Lipinski definition) is 2. The second-order valence-corrected chi connectivity index (χ2v) is 7.74. The molecule has 1 aliphatic heterocycles. The summed E-state index contributed by atoms with van der Waals surface area (Å²) in [4.78, 5) is 14.6. The molecular weight excluding hydrogens is 371 g/mol. The van der Waals surface area contributed by atoms with Gasteiger partial charge in [-0.25, -0.2) is 4.39 Å². The molecule has 0 saturated carbocycles. The van der Waals surface area contributed by atoms with Crippen LogP contribution in [0.5, 0.6) is 0 Å². The minimum atomic E-state index is -1.45. The van der Waals surface area contributed by atoms with Crippen LogP contribution < -0.4 is 5.32 Å².